The summed E-state index contributed by atoms with van der Waals surface area (Å²) in [4.78, 5) is 10.8. The van der Waals surface area contributed by atoms with Crippen molar-refractivity contribution < 1.29 is 18.3 Å². The Morgan fingerprint density at radius 3 is 2.50 bits per heavy atom. The van der Waals surface area contributed by atoms with Crippen LogP contribution in [0, 0.1) is 11.8 Å². The third kappa shape index (κ3) is 4.17. The molecular formula is C13H26N2O4S. The van der Waals surface area contributed by atoms with Gasteiger partial charge in [-0.25, -0.2) is 0 Å². The lowest BCUT2D eigenvalue weighted by Crippen LogP contribution is -2.48. The van der Waals surface area contributed by atoms with E-state index in [2.05, 4.69) is 0 Å². The van der Waals surface area contributed by atoms with Gasteiger partial charge in [0.2, 0.25) is 0 Å². The summed E-state index contributed by atoms with van der Waals surface area (Å²) in [5.74, 6) is -0.686. The topological polar surface area (TPSA) is 77.9 Å². The molecule has 0 aliphatic carbocycles. The SMILES string of the molecule is CCN(CC)S(=O)(=O)N1CCCC(C(C)CC(=O)O)C1. The molecule has 1 saturated heterocycles. The molecule has 0 amide bonds. The fourth-order valence-electron chi connectivity index (χ4n) is 2.80. The van der Waals surface area contributed by atoms with Gasteiger partial charge in [-0.15, -0.1) is 0 Å². The number of rotatable bonds is 7. The first-order valence-electron chi connectivity index (χ1n) is 7.29. The number of carboxylic acid groups (broad SMARTS) is 1. The average molecular weight is 306 g/mol. The molecule has 0 spiro atoms. The summed E-state index contributed by atoms with van der Waals surface area (Å²) in [5, 5.41) is 8.86. The van der Waals surface area contributed by atoms with Crippen LogP contribution in [0.1, 0.15) is 40.0 Å². The van der Waals surface area contributed by atoms with Gasteiger partial charge < -0.3 is 5.11 Å². The minimum atomic E-state index is -3.40. The maximum absolute atomic E-state index is 12.5. The Morgan fingerprint density at radius 1 is 1.40 bits per heavy atom. The molecule has 0 aromatic heterocycles. The number of aliphatic carboxylic acids is 1. The summed E-state index contributed by atoms with van der Waals surface area (Å²) >= 11 is 0. The molecule has 2 unspecified atom stereocenters. The maximum atomic E-state index is 12.5. The van der Waals surface area contributed by atoms with E-state index in [0.29, 0.717) is 26.2 Å². The Kier molecular flexibility index (Phi) is 6.42. The predicted octanol–water partition coefficient (Wildman–Crippen LogP) is 1.40. The van der Waals surface area contributed by atoms with Gasteiger partial charge in [0.1, 0.15) is 0 Å². The molecular weight excluding hydrogens is 280 g/mol. The van der Waals surface area contributed by atoms with E-state index in [1.54, 1.807) is 0 Å². The molecule has 0 bridgehead atoms. The zero-order chi connectivity index (χ0) is 15.3. The highest BCUT2D eigenvalue weighted by molar-refractivity contribution is 7.86. The lowest BCUT2D eigenvalue weighted by molar-refractivity contribution is -0.138. The van der Waals surface area contributed by atoms with Gasteiger partial charge in [0.15, 0.2) is 0 Å². The minimum absolute atomic E-state index is 0.00204. The quantitative estimate of drug-likeness (QED) is 0.771. The average Bonchev–Trinajstić information content (AvgIpc) is 2.39. The molecule has 6 nitrogen and oxygen atoms in total. The van der Waals surface area contributed by atoms with Crippen LogP contribution < -0.4 is 0 Å². The van der Waals surface area contributed by atoms with Crippen molar-refractivity contribution in [3.8, 4) is 0 Å². The third-order valence-electron chi connectivity index (χ3n) is 4.08. The van der Waals surface area contributed by atoms with Crippen molar-refractivity contribution in [2.75, 3.05) is 26.2 Å². The molecule has 0 aromatic rings. The van der Waals surface area contributed by atoms with Crippen molar-refractivity contribution >= 4 is 16.2 Å². The van der Waals surface area contributed by atoms with Gasteiger partial charge in [-0.3, -0.25) is 4.79 Å². The number of carboxylic acids is 1. The van der Waals surface area contributed by atoms with Crippen molar-refractivity contribution in [1.82, 2.24) is 8.61 Å². The summed E-state index contributed by atoms with van der Waals surface area (Å²) in [6.07, 6.45) is 1.80. The molecule has 1 N–H and O–H groups in total. The van der Waals surface area contributed by atoms with Crippen LogP contribution >= 0.6 is 0 Å². The second-order valence-corrected chi connectivity index (χ2v) is 7.36. The fourth-order valence-corrected chi connectivity index (χ4v) is 4.52. The van der Waals surface area contributed by atoms with Crippen LogP contribution in [0.25, 0.3) is 0 Å². The smallest absolute Gasteiger partial charge is 0.303 e. The molecule has 118 valence electrons. The van der Waals surface area contributed by atoms with Gasteiger partial charge in [0.25, 0.3) is 10.2 Å². The lowest BCUT2D eigenvalue weighted by Gasteiger charge is -2.37. The van der Waals surface area contributed by atoms with Crippen molar-refractivity contribution in [2.24, 2.45) is 11.8 Å². The lowest BCUT2D eigenvalue weighted by atomic mass is 9.85. The Bertz CT molecular complexity index is 420. The fraction of sp³-hybridized carbons (Fsp3) is 0.923. The van der Waals surface area contributed by atoms with E-state index in [-0.39, 0.29) is 18.3 Å². The van der Waals surface area contributed by atoms with Crippen molar-refractivity contribution in [1.29, 1.82) is 0 Å². The summed E-state index contributed by atoms with van der Waals surface area (Å²) in [6.45, 7) is 7.45. The molecule has 2 atom stereocenters. The van der Waals surface area contributed by atoms with Gasteiger partial charge in [-0.1, -0.05) is 20.8 Å². The van der Waals surface area contributed by atoms with E-state index in [0.717, 1.165) is 12.8 Å². The highest BCUT2D eigenvalue weighted by Gasteiger charge is 2.34. The molecule has 1 heterocycles. The Balaban J connectivity index is 2.76. The van der Waals surface area contributed by atoms with Crippen LogP contribution in [0.2, 0.25) is 0 Å². The standard InChI is InChI=1S/C13H26N2O4S/c1-4-14(5-2)20(18,19)15-8-6-7-12(10-15)11(3)9-13(16)17/h11-12H,4-10H2,1-3H3,(H,16,17). The molecule has 1 aliphatic rings. The first-order chi connectivity index (χ1) is 9.32. The molecule has 7 heteroatoms. The molecule has 0 aromatic carbocycles. The van der Waals surface area contributed by atoms with E-state index in [4.69, 9.17) is 5.11 Å². The largest absolute Gasteiger partial charge is 0.481 e. The van der Waals surface area contributed by atoms with E-state index in [1.807, 2.05) is 20.8 Å². The van der Waals surface area contributed by atoms with Gasteiger partial charge in [-0.2, -0.15) is 17.0 Å². The highest BCUT2D eigenvalue weighted by Crippen LogP contribution is 2.28. The van der Waals surface area contributed by atoms with Gasteiger partial charge in [0, 0.05) is 32.6 Å². The normalized spacial score (nSPS) is 22.9. The number of nitrogens with zero attached hydrogens (tertiary/aromatic N) is 2. The summed E-state index contributed by atoms with van der Waals surface area (Å²) < 4.78 is 27.9. The van der Waals surface area contributed by atoms with Gasteiger partial charge >= 0.3 is 5.97 Å². The zero-order valence-corrected chi connectivity index (χ0v) is 13.4. The molecule has 20 heavy (non-hydrogen) atoms. The number of hydrogen-bond donors (Lipinski definition) is 1. The molecule has 1 aliphatic heterocycles. The second-order valence-electron chi connectivity index (χ2n) is 5.43. The van der Waals surface area contributed by atoms with Crippen LogP contribution in [0.5, 0.6) is 0 Å². The van der Waals surface area contributed by atoms with Crippen LogP contribution in [0.4, 0.5) is 0 Å². The van der Waals surface area contributed by atoms with Crippen molar-refractivity contribution in [3.63, 3.8) is 0 Å². The first-order valence-corrected chi connectivity index (χ1v) is 8.69. The number of piperidine rings is 1. The Labute approximate surface area is 121 Å². The predicted molar refractivity (Wildman–Crippen MR) is 77.6 cm³/mol. The molecule has 1 rings (SSSR count). The van der Waals surface area contributed by atoms with Crippen LogP contribution in [0.15, 0.2) is 0 Å². The highest BCUT2D eigenvalue weighted by atomic mass is 32.2. The van der Waals surface area contributed by atoms with E-state index in [9.17, 15) is 13.2 Å². The third-order valence-corrected chi connectivity index (χ3v) is 6.23. The summed E-state index contributed by atoms with van der Waals surface area (Å²) in [7, 11) is -3.40. The van der Waals surface area contributed by atoms with Crippen molar-refractivity contribution in [2.45, 2.75) is 40.0 Å². The molecule has 0 radical (unpaired) electrons. The summed E-state index contributed by atoms with van der Waals surface area (Å²) in [6, 6.07) is 0. The van der Waals surface area contributed by atoms with E-state index >= 15 is 0 Å². The second kappa shape index (κ2) is 7.38. The summed E-state index contributed by atoms with van der Waals surface area (Å²) in [5.41, 5.74) is 0. The van der Waals surface area contributed by atoms with Crippen molar-refractivity contribution in [3.05, 3.63) is 0 Å². The Morgan fingerprint density at radius 2 is 2.00 bits per heavy atom. The van der Waals surface area contributed by atoms with E-state index in [1.165, 1.54) is 8.61 Å². The Hall–Kier alpha value is -0.660. The number of hydrogen-bond acceptors (Lipinski definition) is 3. The van der Waals surface area contributed by atoms with Crippen LogP contribution in [0.3, 0.4) is 0 Å². The van der Waals surface area contributed by atoms with Crippen LogP contribution in [-0.4, -0.2) is 54.3 Å². The van der Waals surface area contributed by atoms with Gasteiger partial charge in [0.05, 0.1) is 0 Å². The van der Waals surface area contributed by atoms with Crippen LogP contribution in [-0.2, 0) is 15.0 Å². The monoisotopic (exact) mass is 306 g/mol. The maximum Gasteiger partial charge on any atom is 0.303 e. The first kappa shape index (κ1) is 17.4. The zero-order valence-electron chi connectivity index (χ0n) is 12.6. The molecule has 0 saturated carbocycles. The van der Waals surface area contributed by atoms with E-state index < -0.39 is 16.2 Å². The van der Waals surface area contributed by atoms with Gasteiger partial charge in [-0.05, 0) is 24.7 Å². The molecule has 1 fully saturated rings. The number of carbonyl (C=O) groups is 1. The minimum Gasteiger partial charge on any atom is -0.481 e.